The van der Waals surface area contributed by atoms with Gasteiger partial charge in [0.15, 0.2) is 11.7 Å². The first-order valence-corrected chi connectivity index (χ1v) is 8.27. The maximum absolute atomic E-state index is 12.2. The molecule has 1 aromatic carbocycles. The fraction of sp³-hybridized carbons (Fsp3) is 0.333. The second-order valence-electron chi connectivity index (χ2n) is 5.59. The zero-order valence-corrected chi connectivity index (χ0v) is 17.9. The van der Waals surface area contributed by atoms with E-state index in [1.54, 1.807) is 31.3 Å². The van der Waals surface area contributed by atoms with Crippen molar-refractivity contribution in [2.45, 2.75) is 13.2 Å². The van der Waals surface area contributed by atoms with Crippen LogP contribution in [0.1, 0.15) is 16.1 Å². The molecule has 0 aliphatic heterocycles. The minimum atomic E-state index is -2.84. The summed E-state index contributed by atoms with van der Waals surface area (Å²) in [6.45, 7) is -1.45. The summed E-state index contributed by atoms with van der Waals surface area (Å²) in [6, 6.07) is 9.66. The summed E-state index contributed by atoms with van der Waals surface area (Å²) in [7, 11) is 3.50. The summed E-state index contributed by atoms with van der Waals surface area (Å²) >= 11 is 0. The zero-order valence-electron chi connectivity index (χ0n) is 15.5. The van der Waals surface area contributed by atoms with E-state index >= 15 is 0 Å². The van der Waals surface area contributed by atoms with Gasteiger partial charge in [0.25, 0.3) is 5.91 Å². The molecule has 28 heavy (non-hydrogen) atoms. The van der Waals surface area contributed by atoms with Crippen molar-refractivity contribution in [2.75, 3.05) is 27.2 Å². The summed E-state index contributed by atoms with van der Waals surface area (Å²) < 4.78 is 33.7. The summed E-state index contributed by atoms with van der Waals surface area (Å²) in [6.07, 6.45) is 1.44. The molecule has 2 rings (SSSR count). The lowest BCUT2D eigenvalue weighted by Gasteiger charge is -2.22. The van der Waals surface area contributed by atoms with Gasteiger partial charge in [-0.15, -0.1) is 24.0 Å². The Kier molecular flexibility index (Phi) is 10.3. The summed E-state index contributed by atoms with van der Waals surface area (Å²) in [5, 5.41) is 5.87. The second kappa shape index (κ2) is 12.2. The van der Waals surface area contributed by atoms with Gasteiger partial charge in [0.05, 0.1) is 6.26 Å². The molecule has 0 aliphatic rings. The number of carbonyl (C=O) groups is 1. The number of rotatable bonds is 8. The molecule has 0 aliphatic carbocycles. The minimum absolute atomic E-state index is 0. The normalized spacial score (nSPS) is 11.0. The molecule has 1 amide bonds. The van der Waals surface area contributed by atoms with Gasteiger partial charge >= 0.3 is 6.61 Å². The molecular formula is C18H23F2IN4O3. The molecule has 2 N–H and O–H groups in total. The average molecular weight is 508 g/mol. The van der Waals surface area contributed by atoms with Crippen LogP contribution >= 0.6 is 24.0 Å². The van der Waals surface area contributed by atoms with Crippen molar-refractivity contribution in [1.29, 1.82) is 0 Å². The minimum Gasteiger partial charge on any atom is -0.459 e. The van der Waals surface area contributed by atoms with E-state index in [0.29, 0.717) is 25.6 Å². The van der Waals surface area contributed by atoms with E-state index in [9.17, 15) is 13.6 Å². The highest BCUT2D eigenvalue weighted by atomic mass is 127. The van der Waals surface area contributed by atoms with Gasteiger partial charge in [0.1, 0.15) is 5.75 Å². The Bertz CT molecular complexity index is 740. The largest absolute Gasteiger partial charge is 0.459 e. The smallest absolute Gasteiger partial charge is 0.387 e. The van der Waals surface area contributed by atoms with Crippen LogP contribution in [-0.2, 0) is 6.54 Å². The number of ether oxygens (including phenoxy) is 1. The standard InChI is InChI=1S/C18H22F2N4O3.HI/c1-21-18(23-10-9-22-16(25)15-4-3-11-26-15)24(2)12-13-5-7-14(8-6-13)27-17(19)20;/h3-8,11,17H,9-10,12H2,1-2H3,(H,21,23)(H,22,25);1H. The van der Waals surface area contributed by atoms with Crippen molar-refractivity contribution in [3.8, 4) is 5.75 Å². The lowest BCUT2D eigenvalue weighted by molar-refractivity contribution is -0.0498. The van der Waals surface area contributed by atoms with Gasteiger partial charge in [-0.2, -0.15) is 8.78 Å². The van der Waals surface area contributed by atoms with Crippen molar-refractivity contribution in [1.82, 2.24) is 15.5 Å². The highest BCUT2D eigenvalue weighted by Crippen LogP contribution is 2.15. The second-order valence-corrected chi connectivity index (χ2v) is 5.59. The number of aliphatic imine (C=N–C) groups is 1. The van der Waals surface area contributed by atoms with Crippen LogP contribution in [0.4, 0.5) is 8.78 Å². The van der Waals surface area contributed by atoms with Gasteiger partial charge in [-0.3, -0.25) is 9.79 Å². The van der Waals surface area contributed by atoms with Crippen molar-refractivity contribution in [3.63, 3.8) is 0 Å². The molecule has 1 heterocycles. The highest BCUT2D eigenvalue weighted by Gasteiger charge is 2.09. The van der Waals surface area contributed by atoms with E-state index < -0.39 is 6.61 Å². The SMILES string of the molecule is CN=C(NCCNC(=O)c1ccco1)N(C)Cc1ccc(OC(F)F)cc1.I. The molecule has 0 radical (unpaired) electrons. The zero-order chi connectivity index (χ0) is 19.6. The number of amides is 1. The first-order valence-electron chi connectivity index (χ1n) is 8.27. The van der Waals surface area contributed by atoms with E-state index in [4.69, 9.17) is 4.42 Å². The van der Waals surface area contributed by atoms with E-state index in [0.717, 1.165) is 5.56 Å². The lowest BCUT2D eigenvalue weighted by atomic mass is 10.2. The molecular weight excluding hydrogens is 485 g/mol. The Morgan fingerprint density at radius 1 is 1.21 bits per heavy atom. The topological polar surface area (TPSA) is 79.1 Å². The molecule has 0 unspecified atom stereocenters. The quantitative estimate of drug-likeness (QED) is 0.248. The molecule has 1 aromatic heterocycles. The molecule has 0 fully saturated rings. The third-order valence-electron chi connectivity index (χ3n) is 3.58. The summed E-state index contributed by atoms with van der Waals surface area (Å²) in [5.41, 5.74) is 0.910. The number of nitrogens with zero attached hydrogens (tertiary/aromatic N) is 2. The summed E-state index contributed by atoms with van der Waals surface area (Å²) in [5.74, 6) is 0.730. The maximum Gasteiger partial charge on any atom is 0.387 e. The van der Waals surface area contributed by atoms with Gasteiger partial charge in [0, 0.05) is 33.7 Å². The van der Waals surface area contributed by atoms with Crippen LogP contribution in [-0.4, -0.2) is 50.6 Å². The molecule has 10 heteroatoms. The van der Waals surface area contributed by atoms with Crippen molar-refractivity contribution < 1.29 is 22.7 Å². The predicted octanol–water partition coefficient (Wildman–Crippen LogP) is 2.94. The Labute approximate surface area is 179 Å². The molecule has 0 spiro atoms. The number of hydrogen-bond donors (Lipinski definition) is 2. The van der Waals surface area contributed by atoms with Crippen LogP contribution in [0.2, 0.25) is 0 Å². The van der Waals surface area contributed by atoms with Gasteiger partial charge in [-0.05, 0) is 29.8 Å². The predicted molar refractivity (Wildman–Crippen MR) is 112 cm³/mol. The van der Waals surface area contributed by atoms with Gasteiger partial charge in [-0.1, -0.05) is 12.1 Å². The van der Waals surface area contributed by atoms with Crippen molar-refractivity contribution in [2.24, 2.45) is 4.99 Å². The summed E-state index contributed by atoms with van der Waals surface area (Å²) in [4.78, 5) is 17.8. The van der Waals surface area contributed by atoms with Crippen LogP contribution < -0.4 is 15.4 Å². The van der Waals surface area contributed by atoms with Crippen LogP contribution in [0.15, 0.2) is 52.1 Å². The highest BCUT2D eigenvalue weighted by molar-refractivity contribution is 14.0. The Morgan fingerprint density at radius 3 is 2.46 bits per heavy atom. The van der Waals surface area contributed by atoms with E-state index in [1.165, 1.54) is 18.4 Å². The number of hydrogen-bond acceptors (Lipinski definition) is 4. The third-order valence-corrected chi connectivity index (χ3v) is 3.58. The molecule has 7 nitrogen and oxygen atoms in total. The maximum atomic E-state index is 12.2. The van der Waals surface area contributed by atoms with E-state index in [1.807, 2.05) is 11.9 Å². The number of furan rings is 1. The molecule has 0 saturated carbocycles. The fourth-order valence-electron chi connectivity index (χ4n) is 2.35. The van der Waals surface area contributed by atoms with Crippen LogP contribution in [0.3, 0.4) is 0 Å². The molecule has 2 aromatic rings. The number of carbonyl (C=O) groups excluding carboxylic acids is 1. The average Bonchev–Trinajstić information content (AvgIpc) is 3.17. The molecule has 0 saturated heterocycles. The number of guanidine groups is 1. The van der Waals surface area contributed by atoms with E-state index in [-0.39, 0.29) is 41.4 Å². The van der Waals surface area contributed by atoms with Crippen molar-refractivity contribution >= 4 is 35.8 Å². The first-order chi connectivity index (χ1) is 13.0. The first kappa shape index (κ1) is 23.7. The number of benzene rings is 1. The Hall–Kier alpha value is -2.37. The van der Waals surface area contributed by atoms with Crippen LogP contribution in [0.5, 0.6) is 5.75 Å². The monoisotopic (exact) mass is 508 g/mol. The molecule has 0 bridgehead atoms. The Balaban J connectivity index is 0.00000392. The number of alkyl halides is 2. The van der Waals surface area contributed by atoms with Crippen LogP contribution in [0.25, 0.3) is 0 Å². The van der Waals surface area contributed by atoms with Gasteiger partial charge < -0.3 is 24.7 Å². The van der Waals surface area contributed by atoms with Crippen molar-refractivity contribution in [3.05, 3.63) is 54.0 Å². The number of nitrogens with one attached hydrogen (secondary N) is 2. The van der Waals surface area contributed by atoms with Crippen LogP contribution in [0, 0.1) is 0 Å². The van der Waals surface area contributed by atoms with Gasteiger partial charge in [-0.25, -0.2) is 0 Å². The fourth-order valence-corrected chi connectivity index (χ4v) is 2.35. The number of halogens is 3. The third kappa shape index (κ3) is 7.71. The lowest BCUT2D eigenvalue weighted by Crippen LogP contribution is -2.42. The molecule has 154 valence electrons. The van der Waals surface area contributed by atoms with Gasteiger partial charge in [0.2, 0.25) is 0 Å². The van der Waals surface area contributed by atoms with E-state index in [2.05, 4.69) is 20.4 Å². The molecule has 0 atom stereocenters. The Morgan fingerprint density at radius 2 is 1.89 bits per heavy atom.